The molecule has 11 heteroatoms. The van der Waals surface area contributed by atoms with Crippen LogP contribution in [0.3, 0.4) is 0 Å². The first-order valence-corrected chi connectivity index (χ1v) is 11.1. The van der Waals surface area contributed by atoms with E-state index in [0.717, 1.165) is 16.9 Å². The highest BCUT2D eigenvalue weighted by Gasteiger charge is 2.34. The molecule has 4 N–H and O–H groups in total. The average molecular weight is 433 g/mol. The number of nitrogens with two attached hydrogens (primary N) is 1. The maximum atomic E-state index is 11.0. The second kappa shape index (κ2) is 8.26. The number of imidazole rings is 1. The van der Waals surface area contributed by atoms with Gasteiger partial charge in [0.15, 0.2) is 11.5 Å². The highest BCUT2D eigenvalue weighted by atomic mass is 32.2. The molecule has 1 aromatic carbocycles. The van der Waals surface area contributed by atoms with Crippen LogP contribution in [0.25, 0.3) is 22.6 Å². The van der Waals surface area contributed by atoms with E-state index in [4.69, 9.17) is 5.14 Å². The van der Waals surface area contributed by atoms with E-state index in [1.807, 2.05) is 41.9 Å². The van der Waals surface area contributed by atoms with Crippen LogP contribution in [0.4, 0.5) is 5.82 Å². The molecule has 0 aliphatic heterocycles. The van der Waals surface area contributed by atoms with Gasteiger partial charge >= 0.3 is 10.3 Å². The summed E-state index contributed by atoms with van der Waals surface area (Å²) < 4.78 is 28.6. The fourth-order valence-electron chi connectivity index (χ4n) is 4.00. The van der Waals surface area contributed by atoms with Gasteiger partial charge < -0.3 is 15.0 Å². The van der Waals surface area contributed by atoms with Gasteiger partial charge in [-0.3, -0.25) is 4.18 Å². The minimum atomic E-state index is -4.01. The Labute approximate surface area is 174 Å². The molecule has 30 heavy (non-hydrogen) atoms. The van der Waals surface area contributed by atoms with Crippen LogP contribution in [0.15, 0.2) is 36.7 Å². The quantitative estimate of drug-likeness (QED) is 0.502. The number of aliphatic hydroxyl groups excluding tert-OH is 1. The van der Waals surface area contributed by atoms with E-state index in [9.17, 15) is 13.5 Å². The second-order valence-corrected chi connectivity index (χ2v) is 8.80. The van der Waals surface area contributed by atoms with Crippen molar-refractivity contribution in [3.05, 3.63) is 36.7 Å². The molecule has 10 nitrogen and oxygen atoms in total. The SMILES string of the molecule is Cn1c(-c2ccccc2)nc2ncnc(NC[C@@H]3C[C@@H](COS(N)(=O)=O)[C@@H](O)C3)c21. The zero-order valence-electron chi connectivity index (χ0n) is 16.5. The van der Waals surface area contributed by atoms with Crippen LogP contribution in [0.1, 0.15) is 12.8 Å². The molecule has 0 spiro atoms. The molecule has 2 heterocycles. The van der Waals surface area contributed by atoms with E-state index in [-0.39, 0.29) is 18.4 Å². The number of benzene rings is 1. The van der Waals surface area contributed by atoms with Gasteiger partial charge in [0.2, 0.25) is 0 Å². The number of aryl methyl sites for hydroxylation is 1. The molecule has 1 aliphatic rings. The third kappa shape index (κ3) is 4.43. The third-order valence-electron chi connectivity index (χ3n) is 5.46. The number of hydrogen-bond acceptors (Lipinski definition) is 8. The Kier molecular flexibility index (Phi) is 5.69. The van der Waals surface area contributed by atoms with Crippen molar-refractivity contribution < 1.29 is 17.7 Å². The van der Waals surface area contributed by atoms with Crippen LogP contribution in [0, 0.1) is 11.8 Å². The van der Waals surface area contributed by atoms with E-state index in [1.54, 1.807) is 0 Å². The van der Waals surface area contributed by atoms with Crippen LogP contribution in [0.2, 0.25) is 0 Å². The predicted molar refractivity (Wildman–Crippen MR) is 112 cm³/mol. The lowest BCUT2D eigenvalue weighted by atomic mass is 10.1. The molecule has 0 amide bonds. The van der Waals surface area contributed by atoms with Gasteiger partial charge in [-0.2, -0.15) is 8.42 Å². The molecule has 1 saturated carbocycles. The van der Waals surface area contributed by atoms with Crippen LogP contribution in [0.5, 0.6) is 0 Å². The first-order valence-electron chi connectivity index (χ1n) is 9.63. The van der Waals surface area contributed by atoms with E-state index in [1.165, 1.54) is 6.33 Å². The normalized spacial score (nSPS) is 21.9. The maximum absolute atomic E-state index is 11.0. The molecule has 0 radical (unpaired) electrons. The van der Waals surface area contributed by atoms with Crippen molar-refractivity contribution in [1.82, 2.24) is 19.5 Å². The fourth-order valence-corrected chi connectivity index (χ4v) is 4.37. The molecule has 0 saturated heterocycles. The standard InChI is InChI=1S/C19H24N6O4S/c1-25-16-17(21-9-12-7-14(15(26)8-12)10-29-30(20,27)28)22-11-23-18(16)24-19(25)13-5-3-2-4-6-13/h2-6,11-12,14-15,26H,7-10H2,1H3,(H2,20,27,28)(H,21,22,23)/t12-,14+,15+/m1/s1. The number of aliphatic hydroxyl groups is 1. The maximum Gasteiger partial charge on any atom is 0.333 e. The summed E-state index contributed by atoms with van der Waals surface area (Å²) in [5.41, 5.74) is 2.38. The molecule has 2 aromatic heterocycles. The summed E-state index contributed by atoms with van der Waals surface area (Å²) in [6.45, 7) is 0.456. The molecule has 4 rings (SSSR count). The van der Waals surface area contributed by atoms with Gasteiger partial charge in [-0.05, 0) is 18.8 Å². The summed E-state index contributed by atoms with van der Waals surface area (Å²) in [6.07, 6.45) is 2.00. The largest absolute Gasteiger partial charge is 0.393 e. The van der Waals surface area contributed by atoms with Crippen LogP contribution in [-0.2, 0) is 21.5 Å². The lowest BCUT2D eigenvalue weighted by Crippen LogP contribution is -2.24. The highest BCUT2D eigenvalue weighted by Crippen LogP contribution is 2.33. The van der Waals surface area contributed by atoms with Crippen LogP contribution in [-0.4, -0.2) is 52.3 Å². The molecule has 0 unspecified atom stereocenters. The van der Waals surface area contributed by atoms with E-state index in [2.05, 4.69) is 24.5 Å². The lowest BCUT2D eigenvalue weighted by molar-refractivity contribution is 0.100. The lowest BCUT2D eigenvalue weighted by Gasteiger charge is -2.13. The van der Waals surface area contributed by atoms with Crippen molar-refractivity contribution >= 4 is 27.3 Å². The van der Waals surface area contributed by atoms with Crippen molar-refractivity contribution in [2.24, 2.45) is 24.0 Å². The monoisotopic (exact) mass is 432 g/mol. The van der Waals surface area contributed by atoms with Gasteiger partial charge in [0.25, 0.3) is 0 Å². The molecule has 1 aliphatic carbocycles. The summed E-state index contributed by atoms with van der Waals surface area (Å²) in [5, 5.41) is 18.4. The number of aromatic nitrogens is 4. The Morgan fingerprint density at radius 1 is 1.27 bits per heavy atom. The minimum Gasteiger partial charge on any atom is -0.393 e. The average Bonchev–Trinajstić information content (AvgIpc) is 3.25. The van der Waals surface area contributed by atoms with Gasteiger partial charge in [0.1, 0.15) is 17.7 Å². The van der Waals surface area contributed by atoms with Gasteiger partial charge in [-0.25, -0.2) is 20.1 Å². The first kappa shape index (κ1) is 20.7. The van der Waals surface area contributed by atoms with Gasteiger partial charge in [0, 0.05) is 25.1 Å². The molecular formula is C19H24N6O4S. The summed E-state index contributed by atoms with van der Waals surface area (Å²) in [6, 6.07) is 9.86. The Bertz CT molecular complexity index is 1130. The van der Waals surface area contributed by atoms with Gasteiger partial charge in [0.05, 0.1) is 12.7 Å². The zero-order valence-corrected chi connectivity index (χ0v) is 17.3. The van der Waals surface area contributed by atoms with E-state index in [0.29, 0.717) is 30.9 Å². The smallest absolute Gasteiger partial charge is 0.333 e. The summed E-state index contributed by atoms with van der Waals surface area (Å²) in [7, 11) is -2.09. The highest BCUT2D eigenvalue weighted by molar-refractivity contribution is 7.84. The third-order valence-corrected chi connectivity index (χ3v) is 5.92. The summed E-state index contributed by atoms with van der Waals surface area (Å²) in [4.78, 5) is 13.3. The Hall–Kier alpha value is -2.60. The van der Waals surface area contributed by atoms with Crippen LogP contribution >= 0.6 is 0 Å². The number of rotatable bonds is 7. The first-order chi connectivity index (χ1) is 14.3. The Balaban J connectivity index is 1.48. The molecular weight excluding hydrogens is 408 g/mol. The fraction of sp³-hybridized carbons (Fsp3) is 0.421. The number of nitrogens with zero attached hydrogens (tertiary/aromatic N) is 4. The van der Waals surface area contributed by atoms with Crippen molar-refractivity contribution in [3.63, 3.8) is 0 Å². The van der Waals surface area contributed by atoms with Crippen LogP contribution < -0.4 is 10.5 Å². The molecule has 1 fully saturated rings. The topological polar surface area (TPSA) is 145 Å². The number of hydrogen-bond donors (Lipinski definition) is 3. The molecule has 3 atom stereocenters. The van der Waals surface area contributed by atoms with Gasteiger partial charge in [-0.1, -0.05) is 30.3 Å². The minimum absolute atomic E-state index is 0.115. The van der Waals surface area contributed by atoms with Crippen molar-refractivity contribution in [2.45, 2.75) is 18.9 Å². The Morgan fingerprint density at radius 3 is 2.77 bits per heavy atom. The van der Waals surface area contributed by atoms with Crippen molar-refractivity contribution in [1.29, 1.82) is 0 Å². The molecule has 0 bridgehead atoms. The summed E-state index contributed by atoms with van der Waals surface area (Å²) >= 11 is 0. The van der Waals surface area contributed by atoms with E-state index >= 15 is 0 Å². The molecule has 160 valence electrons. The number of nitrogens with one attached hydrogen (secondary N) is 1. The Morgan fingerprint density at radius 2 is 2.03 bits per heavy atom. The molecule has 3 aromatic rings. The van der Waals surface area contributed by atoms with Crippen molar-refractivity contribution in [3.8, 4) is 11.4 Å². The zero-order chi connectivity index (χ0) is 21.3. The van der Waals surface area contributed by atoms with Gasteiger partial charge in [-0.15, -0.1) is 0 Å². The predicted octanol–water partition coefficient (Wildman–Crippen LogP) is 1.05. The summed E-state index contributed by atoms with van der Waals surface area (Å²) in [5.74, 6) is 1.32. The van der Waals surface area contributed by atoms with Crippen molar-refractivity contribution in [2.75, 3.05) is 18.5 Å². The second-order valence-electron chi connectivity index (χ2n) is 7.58. The number of fused-ring (bicyclic) bond motifs is 1. The van der Waals surface area contributed by atoms with E-state index < -0.39 is 16.4 Å². The number of anilines is 1.